The summed E-state index contributed by atoms with van der Waals surface area (Å²) in [5, 5.41) is -0.0675. The molecule has 32 heavy (non-hydrogen) atoms. The van der Waals surface area contributed by atoms with E-state index < -0.39 is 40.2 Å². The highest BCUT2D eigenvalue weighted by Crippen LogP contribution is 2.26. The quantitative estimate of drug-likeness (QED) is 0.436. The Kier molecular flexibility index (Phi) is 8.70. The Morgan fingerprint density at radius 2 is 1.72 bits per heavy atom. The number of nitrogens with one attached hydrogen (secondary N) is 2. The molecule has 0 saturated heterocycles. The number of ether oxygens (including phenoxy) is 1. The monoisotopic (exact) mass is 485 g/mol. The highest BCUT2D eigenvalue weighted by atomic mass is 35.5. The summed E-state index contributed by atoms with van der Waals surface area (Å²) in [6.07, 6.45) is 0. The van der Waals surface area contributed by atoms with E-state index in [4.69, 9.17) is 16.3 Å². The molecule has 2 amide bonds. The average Bonchev–Trinajstić information content (AvgIpc) is 2.76. The number of hydrazine groups is 1. The summed E-state index contributed by atoms with van der Waals surface area (Å²) in [5.41, 5.74) is 3.56. The molecule has 0 fully saturated rings. The number of nitrogens with zero attached hydrogens (tertiary/aromatic N) is 1. The third kappa shape index (κ3) is 6.02. The van der Waals surface area contributed by atoms with E-state index in [1.807, 2.05) is 10.9 Å². The minimum Gasteiger partial charge on any atom is -0.452 e. The predicted molar refractivity (Wildman–Crippen MR) is 114 cm³/mol. The van der Waals surface area contributed by atoms with Crippen molar-refractivity contribution in [1.29, 1.82) is 0 Å². The first-order valence-corrected chi connectivity index (χ1v) is 11.2. The smallest absolute Gasteiger partial charge is 0.338 e. The zero-order chi connectivity index (χ0) is 23.9. The molecule has 2 aromatic carbocycles. The van der Waals surface area contributed by atoms with Crippen LogP contribution in [0.15, 0.2) is 47.4 Å². The van der Waals surface area contributed by atoms with E-state index >= 15 is 0 Å². The van der Waals surface area contributed by atoms with Gasteiger partial charge in [-0.2, -0.15) is 4.31 Å². The molecule has 0 heterocycles. The maximum atomic E-state index is 13.5. The number of rotatable bonds is 8. The average molecular weight is 486 g/mol. The molecule has 0 spiro atoms. The van der Waals surface area contributed by atoms with Crippen LogP contribution in [0, 0.1) is 5.82 Å². The first-order valence-electron chi connectivity index (χ1n) is 9.42. The molecule has 0 aliphatic carbocycles. The second kappa shape index (κ2) is 11.0. The Labute approximate surface area is 189 Å². The van der Waals surface area contributed by atoms with Crippen LogP contribution in [-0.4, -0.2) is 50.2 Å². The summed E-state index contributed by atoms with van der Waals surface area (Å²) in [6.45, 7) is 2.97. The van der Waals surface area contributed by atoms with E-state index in [-0.39, 0.29) is 34.1 Å². The van der Waals surface area contributed by atoms with Gasteiger partial charge in [0.1, 0.15) is 10.7 Å². The molecule has 0 aromatic heterocycles. The van der Waals surface area contributed by atoms with Crippen LogP contribution in [0.1, 0.15) is 34.6 Å². The van der Waals surface area contributed by atoms with Crippen molar-refractivity contribution in [1.82, 2.24) is 15.2 Å². The maximum Gasteiger partial charge on any atom is 0.338 e. The van der Waals surface area contributed by atoms with Gasteiger partial charge in [0.05, 0.1) is 16.1 Å². The Balaban J connectivity index is 2.00. The summed E-state index contributed by atoms with van der Waals surface area (Å²) >= 11 is 6.01. The summed E-state index contributed by atoms with van der Waals surface area (Å²) in [5.74, 6) is -3.54. The van der Waals surface area contributed by atoms with Gasteiger partial charge in [-0.15, -0.1) is 0 Å². The van der Waals surface area contributed by atoms with Crippen molar-refractivity contribution >= 4 is 39.4 Å². The number of carbonyl (C=O) groups is 3. The maximum absolute atomic E-state index is 13.5. The Morgan fingerprint density at radius 1 is 1.06 bits per heavy atom. The highest BCUT2D eigenvalue weighted by molar-refractivity contribution is 7.89. The summed E-state index contributed by atoms with van der Waals surface area (Å²) in [7, 11) is -3.93. The number of sulfonamides is 1. The minimum absolute atomic E-state index is 0.0675. The molecule has 2 rings (SSSR count). The third-order valence-corrected chi connectivity index (χ3v) is 6.79. The summed E-state index contributed by atoms with van der Waals surface area (Å²) in [6, 6.07) is 8.71. The molecule has 0 saturated carbocycles. The number of hydrogen-bond acceptors (Lipinski definition) is 6. The normalized spacial score (nSPS) is 11.2. The largest absolute Gasteiger partial charge is 0.452 e. The molecule has 0 unspecified atom stereocenters. The molecule has 0 aliphatic heterocycles. The zero-order valence-corrected chi connectivity index (χ0v) is 18.8. The lowest BCUT2D eigenvalue weighted by molar-refractivity contribution is -0.125. The van der Waals surface area contributed by atoms with Crippen LogP contribution in [0.5, 0.6) is 0 Å². The molecular weight excluding hydrogens is 465 g/mol. The molecule has 0 bridgehead atoms. The molecule has 0 radical (unpaired) electrons. The van der Waals surface area contributed by atoms with Crippen LogP contribution in [0.25, 0.3) is 0 Å². The van der Waals surface area contributed by atoms with Crippen LogP contribution in [-0.2, 0) is 19.6 Å². The van der Waals surface area contributed by atoms with Crippen molar-refractivity contribution < 1.29 is 31.9 Å². The van der Waals surface area contributed by atoms with Crippen LogP contribution in [0.2, 0.25) is 5.02 Å². The molecule has 2 aromatic rings. The number of halogens is 2. The molecule has 9 nitrogen and oxygen atoms in total. The minimum atomic E-state index is -3.93. The van der Waals surface area contributed by atoms with E-state index in [0.717, 1.165) is 12.1 Å². The van der Waals surface area contributed by atoms with Crippen molar-refractivity contribution in [2.24, 2.45) is 0 Å². The van der Waals surface area contributed by atoms with Gasteiger partial charge in [-0.1, -0.05) is 37.6 Å². The second-order valence-corrected chi connectivity index (χ2v) is 8.61. The van der Waals surface area contributed by atoms with Crippen LogP contribution < -0.4 is 10.9 Å². The van der Waals surface area contributed by atoms with Crippen molar-refractivity contribution in [3.8, 4) is 0 Å². The van der Waals surface area contributed by atoms with Gasteiger partial charge in [0, 0.05) is 13.1 Å². The number of carbonyl (C=O) groups excluding carboxylic acids is 3. The summed E-state index contributed by atoms with van der Waals surface area (Å²) < 4.78 is 45.0. The van der Waals surface area contributed by atoms with Crippen molar-refractivity contribution in [2.75, 3.05) is 19.7 Å². The lowest BCUT2D eigenvalue weighted by Gasteiger charge is -2.19. The summed E-state index contributed by atoms with van der Waals surface area (Å²) in [4.78, 5) is 35.7. The van der Waals surface area contributed by atoms with E-state index in [9.17, 15) is 27.2 Å². The van der Waals surface area contributed by atoms with Gasteiger partial charge >= 0.3 is 5.97 Å². The van der Waals surface area contributed by atoms with E-state index in [1.54, 1.807) is 13.8 Å². The molecule has 172 valence electrons. The number of esters is 1. The van der Waals surface area contributed by atoms with Gasteiger partial charge in [-0.3, -0.25) is 20.4 Å². The number of amides is 2. The van der Waals surface area contributed by atoms with Gasteiger partial charge in [-0.05, 0) is 30.3 Å². The van der Waals surface area contributed by atoms with E-state index in [0.29, 0.717) is 0 Å². The fourth-order valence-corrected chi connectivity index (χ4v) is 4.58. The zero-order valence-electron chi connectivity index (χ0n) is 17.2. The van der Waals surface area contributed by atoms with Gasteiger partial charge < -0.3 is 4.74 Å². The Morgan fingerprint density at radius 3 is 2.34 bits per heavy atom. The fourth-order valence-electron chi connectivity index (χ4n) is 2.62. The van der Waals surface area contributed by atoms with Crippen LogP contribution in [0.3, 0.4) is 0 Å². The van der Waals surface area contributed by atoms with E-state index in [1.165, 1.54) is 34.6 Å². The predicted octanol–water partition coefficient (Wildman–Crippen LogP) is 2.13. The van der Waals surface area contributed by atoms with Crippen molar-refractivity contribution in [2.45, 2.75) is 18.7 Å². The van der Waals surface area contributed by atoms with Gasteiger partial charge in [0.2, 0.25) is 10.0 Å². The molecule has 12 heteroatoms. The SMILES string of the molecule is CCN(CC)S(=O)(=O)c1cc(C(=O)OCC(=O)NNC(=O)c2ccccc2F)ccc1Cl. The van der Waals surface area contributed by atoms with Gasteiger partial charge in [0.15, 0.2) is 6.61 Å². The van der Waals surface area contributed by atoms with Crippen LogP contribution in [0.4, 0.5) is 4.39 Å². The lowest BCUT2D eigenvalue weighted by atomic mass is 10.2. The standard InChI is InChI=1S/C20H21ClFN3O6S/c1-3-25(4-2)32(29,30)17-11-13(9-10-15(17)21)20(28)31-12-18(26)23-24-19(27)14-7-5-6-8-16(14)22/h5-11H,3-4,12H2,1-2H3,(H,23,26)(H,24,27). The van der Waals surface area contributed by atoms with Crippen LogP contribution >= 0.6 is 11.6 Å². The molecular formula is C20H21ClFN3O6S. The Hall–Kier alpha value is -3.02. The van der Waals surface area contributed by atoms with Gasteiger partial charge in [0.25, 0.3) is 11.8 Å². The molecule has 0 atom stereocenters. The molecule has 2 N–H and O–H groups in total. The first kappa shape index (κ1) is 25.2. The number of benzene rings is 2. The van der Waals surface area contributed by atoms with Gasteiger partial charge in [-0.25, -0.2) is 17.6 Å². The lowest BCUT2D eigenvalue weighted by Crippen LogP contribution is -2.43. The second-order valence-electron chi connectivity index (χ2n) is 6.29. The Bertz CT molecular complexity index is 1120. The highest BCUT2D eigenvalue weighted by Gasteiger charge is 2.26. The topological polar surface area (TPSA) is 122 Å². The molecule has 0 aliphatic rings. The third-order valence-electron chi connectivity index (χ3n) is 4.26. The van der Waals surface area contributed by atoms with Crippen molar-refractivity contribution in [3.05, 3.63) is 64.4 Å². The van der Waals surface area contributed by atoms with Crippen molar-refractivity contribution in [3.63, 3.8) is 0 Å². The van der Waals surface area contributed by atoms with E-state index in [2.05, 4.69) is 0 Å². The number of hydrogen-bond donors (Lipinski definition) is 2. The first-order chi connectivity index (χ1) is 15.1. The fraction of sp³-hybridized carbons (Fsp3) is 0.250.